The molecule has 136 valence electrons. The SMILES string of the molecule is CC(C)Oc1ccc(-c2nc3[nH][nH]c(=O)c3cc2-c2ccccc2)c(O)c1. The van der Waals surface area contributed by atoms with Gasteiger partial charge in [0.15, 0.2) is 5.65 Å². The van der Waals surface area contributed by atoms with Gasteiger partial charge in [-0.1, -0.05) is 30.3 Å². The summed E-state index contributed by atoms with van der Waals surface area (Å²) in [4.78, 5) is 16.6. The molecule has 4 aromatic rings. The van der Waals surface area contributed by atoms with Crippen molar-refractivity contribution in [2.75, 3.05) is 0 Å². The number of ether oxygens (including phenoxy) is 1. The number of hydrogen-bond donors (Lipinski definition) is 3. The molecule has 0 radical (unpaired) electrons. The zero-order chi connectivity index (χ0) is 19.0. The summed E-state index contributed by atoms with van der Waals surface area (Å²) in [7, 11) is 0. The molecule has 0 fully saturated rings. The van der Waals surface area contributed by atoms with Gasteiger partial charge in [-0.05, 0) is 37.6 Å². The van der Waals surface area contributed by atoms with Gasteiger partial charge in [0, 0.05) is 17.2 Å². The fourth-order valence-electron chi connectivity index (χ4n) is 3.07. The van der Waals surface area contributed by atoms with Crippen LogP contribution in [0.2, 0.25) is 0 Å². The number of aromatic hydroxyl groups is 1. The molecule has 4 rings (SSSR count). The number of hydrogen-bond acceptors (Lipinski definition) is 4. The minimum absolute atomic E-state index is 0.00883. The number of fused-ring (bicyclic) bond motifs is 1. The third-order valence-electron chi connectivity index (χ3n) is 4.24. The highest BCUT2D eigenvalue weighted by Crippen LogP contribution is 2.38. The maximum Gasteiger partial charge on any atom is 0.273 e. The van der Waals surface area contributed by atoms with Gasteiger partial charge in [0.2, 0.25) is 0 Å². The molecule has 2 aromatic carbocycles. The molecule has 0 saturated heterocycles. The molecule has 0 aliphatic heterocycles. The summed E-state index contributed by atoms with van der Waals surface area (Å²) in [6.07, 6.45) is 0.00883. The largest absolute Gasteiger partial charge is 0.507 e. The predicted molar refractivity (Wildman–Crippen MR) is 105 cm³/mol. The summed E-state index contributed by atoms with van der Waals surface area (Å²) in [6, 6.07) is 16.6. The third kappa shape index (κ3) is 3.17. The lowest BCUT2D eigenvalue weighted by molar-refractivity contribution is 0.241. The maximum absolute atomic E-state index is 12.0. The molecule has 0 aliphatic carbocycles. The van der Waals surface area contributed by atoms with Crippen LogP contribution in [0, 0.1) is 0 Å². The fourth-order valence-corrected chi connectivity index (χ4v) is 3.07. The summed E-state index contributed by atoms with van der Waals surface area (Å²) < 4.78 is 5.64. The van der Waals surface area contributed by atoms with E-state index in [1.54, 1.807) is 24.3 Å². The van der Waals surface area contributed by atoms with Gasteiger partial charge in [0.25, 0.3) is 5.56 Å². The Morgan fingerprint density at radius 2 is 1.78 bits per heavy atom. The number of nitrogens with zero attached hydrogens (tertiary/aromatic N) is 1. The standard InChI is InChI=1S/C21H19N3O3/c1-12(2)27-14-8-9-15(18(25)10-14)19-16(13-6-4-3-5-7-13)11-17-20(22-19)23-24-21(17)26/h3-12,25H,1-2H3,(H2,22,23,24,26). The average Bonchev–Trinajstić information content (AvgIpc) is 3.01. The van der Waals surface area contributed by atoms with Crippen LogP contribution in [0.5, 0.6) is 11.5 Å². The van der Waals surface area contributed by atoms with Crippen LogP contribution in [-0.4, -0.2) is 26.4 Å². The topological polar surface area (TPSA) is 91.0 Å². The Morgan fingerprint density at radius 1 is 1.00 bits per heavy atom. The molecule has 2 aromatic heterocycles. The molecule has 0 bridgehead atoms. The molecule has 27 heavy (non-hydrogen) atoms. The van der Waals surface area contributed by atoms with Crippen LogP contribution in [0.1, 0.15) is 13.8 Å². The first-order valence-corrected chi connectivity index (χ1v) is 8.70. The minimum atomic E-state index is -0.230. The van der Waals surface area contributed by atoms with Crippen LogP contribution < -0.4 is 10.3 Å². The number of aromatic nitrogens is 3. The number of phenols is 1. The van der Waals surface area contributed by atoms with Crippen molar-refractivity contribution in [1.82, 2.24) is 15.2 Å². The molecule has 0 unspecified atom stereocenters. The fraction of sp³-hybridized carbons (Fsp3) is 0.143. The Kier molecular flexibility index (Phi) is 4.16. The molecule has 0 spiro atoms. The van der Waals surface area contributed by atoms with E-state index in [1.807, 2.05) is 44.2 Å². The van der Waals surface area contributed by atoms with E-state index >= 15 is 0 Å². The predicted octanol–water partition coefficient (Wildman–Crippen LogP) is 4.08. The van der Waals surface area contributed by atoms with E-state index in [9.17, 15) is 9.90 Å². The van der Waals surface area contributed by atoms with Crippen LogP contribution in [-0.2, 0) is 0 Å². The van der Waals surface area contributed by atoms with Gasteiger partial charge in [0.1, 0.15) is 11.5 Å². The molecule has 6 nitrogen and oxygen atoms in total. The highest BCUT2D eigenvalue weighted by Gasteiger charge is 2.17. The van der Waals surface area contributed by atoms with Gasteiger partial charge in [-0.2, -0.15) is 0 Å². The first-order chi connectivity index (χ1) is 13.0. The Morgan fingerprint density at radius 3 is 2.48 bits per heavy atom. The van der Waals surface area contributed by atoms with Crippen molar-refractivity contribution >= 4 is 11.0 Å². The monoisotopic (exact) mass is 361 g/mol. The van der Waals surface area contributed by atoms with Crippen LogP contribution in [0.25, 0.3) is 33.4 Å². The summed E-state index contributed by atoms with van der Waals surface area (Å²) in [5.41, 5.74) is 3.03. The summed E-state index contributed by atoms with van der Waals surface area (Å²) in [5, 5.41) is 16.4. The molecule has 0 atom stereocenters. The summed E-state index contributed by atoms with van der Waals surface area (Å²) in [6.45, 7) is 3.85. The maximum atomic E-state index is 12.0. The van der Waals surface area contributed by atoms with Crippen molar-refractivity contribution < 1.29 is 9.84 Å². The molecular formula is C21H19N3O3. The van der Waals surface area contributed by atoms with Crippen LogP contribution in [0.3, 0.4) is 0 Å². The molecule has 2 heterocycles. The van der Waals surface area contributed by atoms with Crippen LogP contribution >= 0.6 is 0 Å². The molecule has 6 heteroatoms. The quantitative estimate of drug-likeness (QED) is 0.511. The number of pyridine rings is 1. The molecule has 0 saturated carbocycles. The van der Waals surface area contributed by atoms with E-state index in [4.69, 9.17) is 4.74 Å². The average molecular weight is 361 g/mol. The smallest absolute Gasteiger partial charge is 0.273 e. The second-order valence-corrected chi connectivity index (χ2v) is 6.57. The van der Waals surface area contributed by atoms with E-state index in [0.717, 1.165) is 11.1 Å². The van der Waals surface area contributed by atoms with Gasteiger partial charge in [-0.15, -0.1) is 0 Å². The zero-order valence-corrected chi connectivity index (χ0v) is 15.0. The number of aromatic amines is 2. The highest BCUT2D eigenvalue weighted by molar-refractivity contribution is 5.91. The first-order valence-electron chi connectivity index (χ1n) is 8.70. The van der Waals surface area contributed by atoms with E-state index in [0.29, 0.717) is 28.0 Å². The number of phenolic OH excluding ortho intramolecular Hbond substituents is 1. The lowest BCUT2D eigenvalue weighted by Crippen LogP contribution is -2.05. The summed E-state index contributed by atoms with van der Waals surface area (Å²) >= 11 is 0. The number of benzene rings is 2. The lowest BCUT2D eigenvalue weighted by atomic mass is 9.98. The van der Waals surface area contributed by atoms with Gasteiger partial charge >= 0.3 is 0 Å². The van der Waals surface area contributed by atoms with Crippen molar-refractivity contribution in [2.45, 2.75) is 20.0 Å². The summed E-state index contributed by atoms with van der Waals surface area (Å²) in [5.74, 6) is 0.652. The van der Waals surface area contributed by atoms with Crippen LogP contribution in [0.4, 0.5) is 0 Å². The Bertz CT molecular complexity index is 1160. The van der Waals surface area contributed by atoms with Gasteiger partial charge < -0.3 is 9.84 Å². The minimum Gasteiger partial charge on any atom is -0.507 e. The van der Waals surface area contributed by atoms with E-state index in [1.165, 1.54) is 0 Å². The second kappa shape index (κ2) is 6.64. The van der Waals surface area contributed by atoms with Gasteiger partial charge in [0.05, 0.1) is 17.2 Å². The number of rotatable bonds is 4. The van der Waals surface area contributed by atoms with Gasteiger partial charge in [-0.3, -0.25) is 15.0 Å². The lowest BCUT2D eigenvalue weighted by Gasteiger charge is -2.14. The Balaban J connectivity index is 1.94. The zero-order valence-electron chi connectivity index (χ0n) is 15.0. The number of nitrogens with one attached hydrogen (secondary N) is 2. The third-order valence-corrected chi connectivity index (χ3v) is 4.24. The van der Waals surface area contributed by atoms with E-state index < -0.39 is 0 Å². The van der Waals surface area contributed by atoms with Crippen molar-refractivity contribution in [3.05, 3.63) is 65.0 Å². The Labute approximate surface area is 155 Å². The van der Waals surface area contributed by atoms with Crippen LogP contribution in [0.15, 0.2) is 59.4 Å². The van der Waals surface area contributed by atoms with Gasteiger partial charge in [-0.25, -0.2) is 4.98 Å². The second-order valence-electron chi connectivity index (χ2n) is 6.57. The Hall–Kier alpha value is -3.54. The van der Waals surface area contributed by atoms with Crippen molar-refractivity contribution in [3.63, 3.8) is 0 Å². The highest BCUT2D eigenvalue weighted by atomic mass is 16.5. The van der Waals surface area contributed by atoms with E-state index in [-0.39, 0.29) is 17.4 Å². The van der Waals surface area contributed by atoms with Crippen molar-refractivity contribution in [2.24, 2.45) is 0 Å². The first kappa shape index (κ1) is 16.9. The molecule has 0 amide bonds. The molecule has 3 N–H and O–H groups in total. The van der Waals surface area contributed by atoms with E-state index in [2.05, 4.69) is 15.2 Å². The molecule has 0 aliphatic rings. The number of H-pyrrole nitrogens is 2. The normalized spacial score (nSPS) is 11.2. The van der Waals surface area contributed by atoms with Crippen molar-refractivity contribution in [1.29, 1.82) is 0 Å². The molecular weight excluding hydrogens is 342 g/mol. The van der Waals surface area contributed by atoms with Crippen molar-refractivity contribution in [3.8, 4) is 33.9 Å².